The molecule has 1 saturated heterocycles. The lowest BCUT2D eigenvalue weighted by molar-refractivity contribution is -0.145. The van der Waals surface area contributed by atoms with Crippen molar-refractivity contribution in [2.24, 2.45) is 17.8 Å². The second kappa shape index (κ2) is 9.32. The van der Waals surface area contributed by atoms with Crippen molar-refractivity contribution in [1.82, 2.24) is 16.2 Å². The molecule has 3 rings (SSSR count). The molecule has 7 unspecified atom stereocenters. The Kier molecular flexibility index (Phi) is 7.08. The quantitative estimate of drug-likeness (QED) is 0.466. The maximum atomic E-state index is 12.5. The van der Waals surface area contributed by atoms with Crippen molar-refractivity contribution in [1.29, 1.82) is 0 Å². The zero-order valence-electron chi connectivity index (χ0n) is 16.0. The van der Waals surface area contributed by atoms with Gasteiger partial charge in [-0.1, -0.05) is 19.8 Å². The normalized spacial score (nSPS) is 39.9. The fraction of sp³-hybridized carbons (Fsp3) is 0.895. The minimum atomic E-state index is -0.798. The van der Waals surface area contributed by atoms with Gasteiger partial charge in [-0.15, -0.1) is 0 Å². The van der Waals surface area contributed by atoms with Gasteiger partial charge in [0.25, 0.3) is 0 Å². The highest BCUT2D eigenvalue weighted by Gasteiger charge is 2.38. The molecule has 1 heterocycles. The van der Waals surface area contributed by atoms with E-state index in [1.54, 1.807) is 0 Å². The number of carbonyl (C=O) groups excluding carboxylic acids is 1. The average molecular weight is 383 g/mol. The molecule has 154 valence electrons. The molecule has 0 aromatic rings. The molecule has 27 heavy (non-hydrogen) atoms. The van der Waals surface area contributed by atoms with E-state index >= 15 is 0 Å². The van der Waals surface area contributed by atoms with Gasteiger partial charge in [-0.25, -0.2) is 10.9 Å². The van der Waals surface area contributed by atoms with Crippen LogP contribution in [0.2, 0.25) is 0 Å². The van der Waals surface area contributed by atoms with E-state index in [0.717, 1.165) is 32.1 Å². The Morgan fingerprint density at radius 1 is 1.15 bits per heavy atom. The van der Waals surface area contributed by atoms with Gasteiger partial charge in [-0.3, -0.25) is 9.59 Å². The Labute approximate surface area is 160 Å². The minimum absolute atomic E-state index is 0.00542. The van der Waals surface area contributed by atoms with Crippen molar-refractivity contribution >= 4 is 11.9 Å². The number of hydrogen-bond acceptors (Lipinski definition) is 6. The number of carboxylic acids is 1. The highest BCUT2D eigenvalue weighted by atomic mass is 16.5. The number of amides is 1. The Bertz CT molecular complexity index is 531. The smallest absolute Gasteiger partial charge is 0.306 e. The molecule has 2 aliphatic carbocycles. The topological polar surface area (TPSA) is 120 Å². The highest BCUT2D eigenvalue weighted by molar-refractivity contribution is 5.78. The summed E-state index contributed by atoms with van der Waals surface area (Å²) in [7, 11) is 0. The third-order valence-electron chi connectivity index (χ3n) is 6.37. The molecule has 8 nitrogen and oxygen atoms in total. The van der Waals surface area contributed by atoms with E-state index in [1.165, 1.54) is 0 Å². The van der Waals surface area contributed by atoms with Crippen LogP contribution in [-0.4, -0.2) is 46.7 Å². The first-order valence-corrected chi connectivity index (χ1v) is 10.3. The molecule has 5 N–H and O–H groups in total. The van der Waals surface area contributed by atoms with Crippen LogP contribution < -0.4 is 16.2 Å². The summed E-state index contributed by atoms with van der Waals surface area (Å²) in [4.78, 5) is 24.0. The number of aliphatic carboxylic acids is 1. The van der Waals surface area contributed by atoms with E-state index in [4.69, 9.17) is 4.74 Å². The highest BCUT2D eigenvalue weighted by Crippen LogP contribution is 2.33. The summed E-state index contributed by atoms with van der Waals surface area (Å²) in [5.41, 5.74) is 6.28. The molecule has 0 radical (unpaired) electrons. The van der Waals surface area contributed by atoms with Crippen molar-refractivity contribution in [3.8, 4) is 0 Å². The van der Waals surface area contributed by atoms with Gasteiger partial charge in [-0.2, -0.15) is 0 Å². The molecule has 0 aromatic carbocycles. The van der Waals surface area contributed by atoms with Crippen LogP contribution in [0.25, 0.3) is 0 Å². The summed E-state index contributed by atoms with van der Waals surface area (Å²) in [6.07, 6.45) is 5.84. The van der Waals surface area contributed by atoms with Crippen molar-refractivity contribution in [3.05, 3.63) is 0 Å². The van der Waals surface area contributed by atoms with Crippen LogP contribution in [-0.2, 0) is 14.3 Å². The summed E-state index contributed by atoms with van der Waals surface area (Å²) in [6.45, 7) is 2.05. The average Bonchev–Trinajstić information content (AvgIpc) is 3.13. The van der Waals surface area contributed by atoms with Crippen LogP contribution in [0.3, 0.4) is 0 Å². The Morgan fingerprint density at radius 2 is 1.93 bits per heavy atom. The lowest BCUT2D eigenvalue weighted by atomic mass is 9.77. The summed E-state index contributed by atoms with van der Waals surface area (Å²) in [5, 5.41) is 22.7. The van der Waals surface area contributed by atoms with Crippen molar-refractivity contribution < 1.29 is 24.5 Å². The third kappa shape index (κ3) is 5.19. The molecule has 0 spiro atoms. The van der Waals surface area contributed by atoms with Crippen molar-refractivity contribution in [2.45, 2.75) is 89.3 Å². The fourth-order valence-electron chi connectivity index (χ4n) is 4.75. The van der Waals surface area contributed by atoms with Crippen LogP contribution in [0.1, 0.15) is 64.7 Å². The van der Waals surface area contributed by atoms with Gasteiger partial charge >= 0.3 is 5.97 Å². The molecule has 0 aromatic heterocycles. The van der Waals surface area contributed by atoms with E-state index in [9.17, 15) is 19.8 Å². The molecule has 1 amide bonds. The Hall–Kier alpha value is -1.22. The Morgan fingerprint density at radius 3 is 2.63 bits per heavy atom. The summed E-state index contributed by atoms with van der Waals surface area (Å²) >= 11 is 0. The first-order valence-electron chi connectivity index (χ1n) is 10.3. The van der Waals surface area contributed by atoms with E-state index in [-0.39, 0.29) is 42.7 Å². The predicted molar refractivity (Wildman–Crippen MR) is 98.2 cm³/mol. The fourth-order valence-corrected chi connectivity index (χ4v) is 4.75. The summed E-state index contributed by atoms with van der Waals surface area (Å²) in [5.74, 6) is -1.27. The molecule has 1 aliphatic heterocycles. The lowest BCUT2D eigenvalue weighted by Crippen LogP contribution is -2.51. The van der Waals surface area contributed by atoms with Crippen molar-refractivity contribution in [2.75, 3.05) is 0 Å². The number of nitrogens with one attached hydrogen (secondary N) is 3. The third-order valence-corrected chi connectivity index (χ3v) is 6.37. The van der Waals surface area contributed by atoms with Crippen LogP contribution in [0, 0.1) is 17.8 Å². The predicted octanol–water partition coefficient (Wildman–Crippen LogP) is 1.10. The second-order valence-electron chi connectivity index (χ2n) is 8.25. The zero-order chi connectivity index (χ0) is 19.4. The molecule has 3 fully saturated rings. The van der Waals surface area contributed by atoms with E-state index < -0.39 is 18.0 Å². The van der Waals surface area contributed by atoms with Crippen LogP contribution in [0.4, 0.5) is 0 Å². The number of aliphatic hydroxyl groups is 1. The van der Waals surface area contributed by atoms with E-state index in [0.29, 0.717) is 19.3 Å². The van der Waals surface area contributed by atoms with Gasteiger partial charge in [0.1, 0.15) is 12.5 Å². The minimum Gasteiger partial charge on any atom is -0.481 e. The molecule has 2 saturated carbocycles. The van der Waals surface area contributed by atoms with Gasteiger partial charge in [0.05, 0.1) is 18.1 Å². The maximum Gasteiger partial charge on any atom is 0.306 e. The largest absolute Gasteiger partial charge is 0.481 e. The van der Waals surface area contributed by atoms with Gasteiger partial charge < -0.3 is 20.3 Å². The number of aliphatic hydroxyl groups excluding tert-OH is 1. The van der Waals surface area contributed by atoms with Gasteiger partial charge in [-0.05, 0) is 44.4 Å². The van der Waals surface area contributed by atoms with Crippen molar-refractivity contribution in [3.63, 3.8) is 0 Å². The lowest BCUT2D eigenvalue weighted by Gasteiger charge is -2.36. The molecular weight excluding hydrogens is 350 g/mol. The Balaban J connectivity index is 1.52. The molecule has 0 bridgehead atoms. The number of carboxylic acid groups (broad SMARTS) is 1. The van der Waals surface area contributed by atoms with Crippen LogP contribution in [0.15, 0.2) is 0 Å². The first-order chi connectivity index (χ1) is 13.0. The second-order valence-corrected chi connectivity index (χ2v) is 8.25. The molecular formula is C19H33N3O5. The number of carbonyl (C=O) groups is 2. The van der Waals surface area contributed by atoms with E-state index in [1.807, 2.05) is 6.92 Å². The van der Waals surface area contributed by atoms with E-state index in [2.05, 4.69) is 16.2 Å². The first kappa shape index (κ1) is 20.5. The number of ether oxygens (including phenoxy) is 1. The van der Waals surface area contributed by atoms with Crippen LogP contribution >= 0.6 is 0 Å². The molecule has 8 heteroatoms. The number of rotatable bonds is 6. The summed E-state index contributed by atoms with van der Waals surface area (Å²) in [6, 6.07) is -0.311. The SMILES string of the molecule is CCC1NNC(C2CCC(O)C(NC(=O)CC3CCCCC3C(=O)O)C2)O1. The molecule has 3 aliphatic rings. The maximum absolute atomic E-state index is 12.5. The number of hydrogen-bond donors (Lipinski definition) is 5. The standard InChI is InChI=1S/C19H33N3O5/c1-2-17-21-22-18(27-17)12-7-8-15(23)14(9-12)20-16(24)10-11-5-3-4-6-13(11)19(25)26/h11-15,17-18,21-23H,2-10H2,1H3,(H,20,24)(H,25,26). The number of hydrazine groups is 1. The zero-order valence-corrected chi connectivity index (χ0v) is 16.0. The van der Waals surface area contributed by atoms with Crippen LogP contribution in [0.5, 0.6) is 0 Å². The van der Waals surface area contributed by atoms with Gasteiger partial charge in [0.15, 0.2) is 0 Å². The monoisotopic (exact) mass is 383 g/mol. The summed E-state index contributed by atoms with van der Waals surface area (Å²) < 4.78 is 5.92. The molecule has 7 atom stereocenters. The van der Waals surface area contributed by atoms with Gasteiger partial charge in [0, 0.05) is 12.3 Å². The van der Waals surface area contributed by atoms with Gasteiger partial charge in [0.2, 0.25) is 5.91 Å².